The molecule has 0 fully saturated rings. The Balaban J connectivity index is 5.21. The normalized spacial score (nSPS) is 14.3. The molecule has 0 aliphatic carbocycles. The van der Waals surface area contributed by atoms with Crippen LogP contribution in [0.2, 0.25) is 0 Å². The molecule has 0 spiro atoms. The molecule has 0 saturated heterocycles. The Morgan fingerprint density at radius 1 is 0.277 bits per heavy atom. The molecule has 0 aromatic carbocycles. The van der Waals surface area contributed by atoms with E-state index in [1.807, 2.05) is 0 Å². The number of unbranched alkanes of at least 4 members (excludes halogenated alkanes) is 44. The van der Waals surface area contributed by atoms with Gasteiger partial charge < -0.3 is 33.8 Å². The third kappa shape index (κ3) is 74.7. The van der Waals surface area contributed by atoms with Crippen molar-refractivity contribution in [2.75, 3.05) is 39.6 Å². The van der Waals surface area contributed by atoms with Crippen LogP contribution in [0, 0.1) is 23.7 Å². The lowest BCUT2D eigenvalue weighted by atomic mass is 9.99. The van der Waals surface area contributed by atoms with Gasteiger partial charge in [0.05, 0.1) is 26.4 Å². The summed E-state index contributed by atoms with van der Waals surface area (Å²) >= 11 is 0. The number of hydrogen-bond acceptors (Lipinski definition) is 15. The van der Waals surface area contributed by atoms with Gasteiger partial charge in [0.2, 0.25) is 0 Å². The van der Waals surface area contributed by atoms with E-state index >= 15 is 0 Å². The Labute approximate surface area is 619 Å². The third-order valence-electron chi connectivity index (χ3n) is 19.4. The summed E-state index contributed by atoms with van der Waals surface area (Å²) in [4.78, 5) is 73.0. The summed E-state index contributed by atoms with van der Waals surface area (Å²) in [6, 6.07) is 0. The Morgan fingerprint density at radius 3 is 0.703 bits per heavy atom. The van der Waals surface area contributed by atoms with Gasteiger partial charge in [-0.2, -0.15) is 0 Å². The van der Waals surface area contributed by atoms with Gasteiger partial charge in [-0.05, 0) is 49.4 Å². The zero-order valence-corrected chi connectivity index (χ0v) is 68.3. The highest BCUT2D eigenvalue weighted by Crippen LogP contribution is 2.45. The second-order valence-electron chi connectivity index (χ2n) is 31.2. The maximum Gasteiger partial charge on any atom is 0.472 e. The van der Waals surface area contributed by atoms with Crippen LogP contribution < -0.4 is 0 Å². The Bertz CT molecular complexity index is 1970. The Hall–Kier alpha value is -1.94. The molecule has 0 amide bonds. The molecule has 3 N–H and O–H groups in total. The van der Waals surface area contributed by atoms with Gasteiger partial charge in [-0.3, -0.25) is 37.3 Å². The maximum atomic E-state index is 13.1. The molecule has 17 nitrogen and oxygen atoms in total. The molecule has 0 bridgehead atoms. The molecule has 0 aliphatic rings. The lowest BCUT2D eigenvalue weighted by Crippen LogP contribution is -2.30. The number of aliphatic hydroxyl groups excluding tert-OH is 1. The van der Waals surface area contributed by atoms with Crippen molar-refractivity contribution in [3.05, 3.63) is 0 Å². The monoisotopic (exact) mass is 1480 g/mol. The van der Waals surface area contributed by atoms with Crippen molar-refractivity contribution >= 4 is 39.5 Å². The van der Waals surface area contributed by atoms with Crippen molar-refractivity contribution in [3.63, 3.8) is 0 Å². The summed E-state index contributed by atoms with van der Waals surface area (Å²) < 4.78 is 68.7. The van der Waals surface area contributed by atoms with Gasteiger partial charge in [-0.1, -0.05) is 370 Å². The molecule has 0 aliphatic heterocycles. The van der Waals surface area contributed by atoms with E-state index in [-0.39, 0.29) is 25.7 Å². The van der Waals surface area contributed by atoms with Crippen molar-refractivity contribution in [1.29, 1.82) is 0 Å². The summed E-state index contributed by atoms with van der Waals surface area (Å²) in [7, 11) is -9.92. The van der Waals surface area contributed by atoms with Gasteiger partial charge in [0, 0.05) is 25.7 Å². The smallest absolute Gasteiger partial charge is 0.462 e. The standard InChI is InChI=1S/C82H160O17P2/c1-9-75(8)61-53-45-37-29-22-18-14-12-10-11-13-15-19-23-31-39-48-56-64-81(86)98-77(68-92-79(84)62-54-46-38-30-26-25-28-35-43-51-59-73(4)5)70-96-100(88,89)94-66-76(83)67-95-101(90,91)97-71-78(69-93-80(85)63-55-47-41-33-36-44-52-60-74(6)7)99-82(87)65-57-49-40-32-24-20-16-17-21-27-34-42-50-58-72(2)3/h72-78,83H,9-71H2,1-8H3,(H,88,89)(H,90,91)/t75?,76?,77-,78-/m1/s1. The van der Waals surface area contributed by atoms with Crippen molar-refractivity contribution in [2.24, 2.45) is 23.7 Å². The number of carbonyl (C=O) groups excluding carboxylic acids is 4. The zero-order valence-electron chi connectivity index (χ0n) is 66.5. The molecule has 0 rings (SSSR count). The minimum absolute atomic E-state index is 0.106. The van der Waals surface area contributed by atoms with Gasteiger partial charge >= 0.3 is 39.5 Å². The summed E-state index contributed by atoms with van der Waals surface area (Å²) in [5.74, 6) is 1.01. The first kappa shape index (κ1) is 99.1. The van der Waals surface area contributed by atoms with E-state index < -0.39 is 97.5 Å². The van der Waals surface area contributed by atoms with Crippen LogP contribution in [-0.2, 0) is 65.4 Å². The van der Waals surface area contributed by atoms with Crippen LogP contribution >= 0.6 is 15.6 Å². The van der Waals surface area contributed by atoms with E-state index in [0.717, 1.165) is 114 Å². The Kier molecular flexibility index (Phi) is 69.6. The topological polar surface area (TPSA) is 237 Å². The number of hydrogen-bond donors (Lipinski definition) is 3. The number of ether oxygens (including phenoxy) is 4. The minimum atomic E-state index is -4.96. The van der Waals surface area contributed by atoms with Crippen LogP contribution in [0.5, 0.6) is 0 Å². The average Bonchev–Trinajstić information content (AvgIpc) is 0.916. The second kappa shape index (κ2) is 71.0. The van der Waals surface area contributed by atoms with Gasteiger partial charge in [0.25, 0.3) is 0 Å². The predicted molar refractivity (Wildman–Crippen MR) is 414 cm³/mol. The van der Waals surface area contributed by atoms with E-state index in [1.165, 1.54) is 218 Å². The SMILES string of the molecule is CCC(C)CCCCCCCCCCCCCCCCCCCCC(=O)O[C@H](COC(=O)CCCCCCCCCCCCC(C)C)COP(=O)(O)OCC(O)COP(=O)(O)OC[C@@H](COC(=O)CCCCCCCCCC(C)C)OC(=O)CCCCCCCCCCCCCCCC(C)C. The first-order chi connectivity index (χ1) is 48.6. The van der Waals surface area contributed by atoms with Crippen LogP contribution in [0.4, 0.5) is 0 Å². The molecule has 4 unspecified atom stereocenters. The average molecular weight is 1480 g/mol. The number of phosphoric acid groups is 2. The number of aliphatic hydroxyl groups is 1. The lowest BCUT2D eigenvalue weighted by Gasteiger charge is -2.21. The van der Waals surface area contributed by atoms with Gasteiger partial charge in [-0.25, -0.2) is 9.13 Å². The third-order valence-corrected chi connectivity index (χ3v) is 21.3. The van der Waals surface area contributed by atoms with E-state index in [1.54, 1.807) is 0 Å². The quantitative estimate of drug-likeness (QED) is 0.0222. The number of esters is 4. The fraction of sp³-hybridized carbons (Fsp3) is 0.951. The van der Waals surface area contributed by atoms with Crippen molar-refractivity contribution in [2.45, 2.75) is 440 Å². The van der Waals surface area contributed by atoms with Crippen LogP contribution in [0.1, 0.15) is 421 Å². The fourth-order valence-corrected chi connectivity index (χ4v) is 14.2. The molecule has 0 radical (unpaired) electrons. The van der Waals surface area contributed by atoms with Crippen molar-refractivity contribution in [3.8, 4) is 0 Å². The highest BCUT2D eigenvalue weighted by Gasteiger charge is 2.30. The second-order valence-corrected chi connectivity index (χ2v) is 34.1. The Morgan fingerprint density at radius 2 is 0.475 bits per heavy atom. The van der Waals surface area contributed by atoms with Crippen molar-refractivity contribution < 1.29 is 80.2 Å². The van der Waals surface area contributed by atoms with Gasteiger partial charge in [0.15, 0.2) is 12.2 Å². The van der Waals surface area contributed by atoms with Crippen LogP contribution in [0.15, 0.2) is 0 Å². The molecule has 0 heterocycles. The molecule has 0 aromatic rings. The molecule has 600 valence electrons. The maximum absolute atomic E-state index is 13.1. The van der Waals surface area contributed by atoms with E-state index in [0.29, 0.717) is 31.6 Å². The lowest BCUT2D eigenvalue weighted by molar-refractivity contribution is -0.161. The van der Waals surface area contributed by atoms with Crippen LogP contribution in [-0.4, -0.2) is 96.7 Å². The molecule has 0 aromatic heterocycles. The summed E-state index contributed by atoms with van der Waals surface area (Å²) in [6.45, 7) is 14.3. The summed E-state index contributed by atoms with van der Waals surface area (Å²) in [6.07, 6.45) is 58.4. The number of rotatable bonds is 79. The van der Waals surface area contributed by atoms with E-state index in [2.05, 4.69) is 55.4 Å². The summed E-state index contributed by atoms with van der Waals surface area (Å²) in [5.41, 5.74) is 0. The first-order valence-corrected chi connectivity index (χ1v) is 45.2. The fourth-order valence-electron chi connectivity index (χ4n) is 12.6. The van der Waals surface area contributed by atoms with Gasteiger partial charge in [-0.15, -0.1) is 0 Å². The van der Waals surface area contributed by atoms with Crippen LogP contribution in [0.3, 0.4) is 0 Å². The van der Waals surface area contributed by atoms with Crippen molar-refractivity contribution in [1.82, 2.24) is 0 Å². The largest absolute Gasteiger partial charge is 0.472 e. The van der Waals surface area contributed by atoms with Gasteiger partial charge in [0.1, 0.15) is 19.3 Å². The molecule has 19 heteroatoms. The highest BCUT2D eigenvalue weighted by atomic mass is 31.2. The molecular weight excluding hydrogens is 1320 g/mol. The highest BCUT2D eigenvalue weighted by molar-refractivity contribution is 7.47. The summed E-state index contributed by atoms with van der Waals surface area (Å²) in [5, 5.41) is 10.6. The predicted octanol–water partition coefficient (Wildman–Crippen LogP) is 24.4. The molecular formula is C82H160O17P2. The number of phosphoric ester groups is 2. The van der Waals surface area contributed by atoms with E-state index in [9.17, 15) is 43.2 Å². The number of carbonyl (C=O) groups is 4. The van der Waals surface area contributed by atoms with Crippen LogP contribution in [0.25, 0.3) is 0 Å². The molecule has 6 atom stereocenters. The zero-order chi connectivity index (χ0) is 74.6. The minimum Gasteiger partial charge on any atom is -0.462 e. The first-order valence-electron chi connectivity index (χ1n) is 42.2. The van der Waals surface area contributed by atoms with E-state index in [4.69, 9.17) is 37.0 Å². The molecule has 101 heavy (non-hydrogen) atoms. The molecule has 0 saturated carbocycles.